The summed E-state index contributed by atoms with van der Waals surface area (Å²) in [6, 6.07) is 7.93. The van der Waals surface area contributed by atoms with Crippen molar-refractivity contribution >= 4 is 0 Å². The third-order valence-corrected chi connectivity index (χ3v) is 6.39. The minimum absolute atomic E-state index is 0.390. The first-order valence-electron chi connectivity index (χ1n) is 9.55. The molecule has 1 heteroatoms. The van der Waals surface area contributed by atoms with Crippen LogP contribution in [0.15, 0.2) is 24.3 Å². The van der Waals surface area contributed by atoms with E-state index in [1.165, 1.54) is 69.8 Å². The Hall–Kier alpha value is -0.980. The topological polar surface area (TPSA) is 20.2 Å². The van der Waals surface area contributed by atoms with Crippen LogP contribution in [-0.4, -0.2) is 5.11 Å². The van der Waals surface area contributed by atoms with Crippen molar-refractivity contribution in [2.24, 2.45) is 17.8 Å². The molecule has 0 atom stereocenters. The number of benzene rings is 1. The van der Waals surface area contributed by atoms with Crippen LogP contribution in [0.2, 0.25) is 0 Å². The molecule has 0 bridgehead atoms. The number of phenols is 1. The fraction of sp³-hybridized carbons (Fsp3) is 0.714. The molecule has 0 radical (unpaired) electrons. The summed E-state index contributed by atoms with van der Waals surface area (Å²) in [5.74, 6) is 4.17. The Balaban J connectivity index is 1.47. The average Bonchev–Trinajstić information content (AvgIpc) is 2.57. The SMILES string of the molecule is CCCC1CCC(C2CCC(c3ccc(O)cc3)CC2)CC1. The van der Waals surface area contributed by atoms with Gasteiger partial charge in [0, 0.05) is 0 Å². The molecule has 2 fully saturated rings. The van der Waals surface area contributed by atoms with Crippen molar-refractivity contribution in [1.82, 2.24) is 0 Å². The number of phenolic OH excluding ortho intramolecular Hbond substituents is 1. The number of rotatable bonds is 4. The van der Waals surface area contributed by atoms with Gasteiger partial charge in [-0.1, -0.05) is 44.7 Å². The second-order valence-electron chi connectivity index (χ2n) is 7.77. The van der Waals surface area contributed by atoms with Gasteiger partial charge in [0.05, 0.1) is 0 Å². The molecule has 1 aromatic carbocycles. The van der Waals surface area contributed by atoms with Gasteiger partial charge in [-0.3, -0.25) is 0 Å². The largest absolute Gasteiger partial charge is 0.508 e. The van der Waals surface area contributed by atoms with E-state index in [9.17, 15) is 5.11 Å². The molecule has 2 aliphatic carbocycles. The van der Waals surface area contributed by atoms with Crippen molar-refractivity contribution in [2.75, 3.05) is 0 Å². The fourth-order valence-electron chi connectivity index (χ4n) is 5.03. The second-order valence-corrected chi connectivity index (χ2v) is 7.77. The summed E-state index contributed by atoms with van der Waals surface area (Å²) in [4.78, 5) is 0. The molecule has 2 aliphatic rings. The molecule has 0 unspecified atom stereocenters. The smallest absolute Gasteiger partial charge is 0.115 e. The molecule has 0 aliphatic heterocycles. The van der Waals surface area contributed by atoms with Crippen molar-refractivity contribution in [3.05, 3.63) is 29.8 Å². The van der Waals surface area contributed by atoms with Crippen molar-refractivity contribution in [1.29, 1.82) is 0 Å². The van der Waals surface area contributed by atoms with Gasteiger partial charge < -0.3 is 5.11 Å². The van der Waals surface area contributed by atoms with Crippen LogP contribution in [0.4, 0.5) is 0 Å². The Bertz CT molecular complexity index is 433. The van der Waals surface area contributed by atoms with E-state index in [0.29, 0.717) is 5.75 Å². The molecule has 122 valence electrons. The van der Waals surface area contributed by atoms with Gasteiger partial charge >= 0.3 is 0 Å². The van der Waals surface area contributed by atoms with Gasteiger partial charge in [0.25, 0.3) is 0 Å². The van der Waals surface area contributed by atoms with Crippen molar-refractivity contribution in [3.8, 4) is 5.75 Å². The van der Waals surface area contributed by atoms with Crippen molar-refractivity contribution < 1.29 is 5.11 Å². The fourth-order valence-corrected chi connectivity index (χ4v) is 5.03. The molecule has 22 heavy (non-hydrogen) atoms. The number of hydrogen-bond donors (Lipinski definition) is 1. The lowest BCUT2D eigenvalue weighted by atomic mass is 9.68. The van der Waals surface area contributed by atoms with Gasteiger partial charge in [0.15, 0.2) is 0 Å². The lowest BCUT2D eigenvalue weighted by Gasteiger charge is -2.38. The van der Waals surface area contributed by atoms with Gasteiger partial charge in [0.2, 0.25) is 0 Å². The zero-order valence-electron chi connectivity index (χ0n) is 14.1. The van der Waals surface area contributed by atoms with Crippen LogP contribution in [0.3, 0.4) is 0 Å². The van der Waals surface area contributed by atoms with E-state index < -0.39 is 0 Å². The second kappa shape index (κ2) is 7.53. The maximum atomic E-state index is 9.43. The standard InChI is InChI=1S/C21H32O/c1-2-3-16-4-6-17(7-5-16)18-8-10-19(11-9-18)20-12-14-21(22)15-13-20/h12-19,22H,2-11H2,1H3. The highest BCUT2D eigenvalue weighted by atomic mass is 16.3. The number of aromatic hydroxyl groups is 1. The summed E-state index contributed by atoms with van der Waals surface area (Å²) in [7, 11) is 0. The minimum atomic E-state index is 0.390. The third kappa shape index (κ3) is 3.86. The first-order chi connectivity index (χ1) is 10.8. The summed E-state index contributed by atoms with van der Waals surface area (Å²) in [5.41, 5.74) is 1.43. The highest BCUT2D eigenvalue weighted by Gasteiger charge is 2.30. The Kier molecular flexibility index (Phi) is 5.44. The molecule has 3 rings (SSSR count). The predicted octanol–water partition coefficient (Wildman–Crippen LogP) is 6.27. The molecular weight excluding hydrogens is 268 g/mol. The molecular formula is C21H32O. The summed E-state index contributed by atoms with van der Waals surface area (Å²) < 4.78 is 0. The summed E-state index contributed by atoms with van der Waals surface area (Å²) in [6.07, 6.45) is 14.4. The third-order valence-electron chi connectivity index (χ3n) is 6.39. The molecule has 1 nitrogen and oxygen atoms in total. The highest BCUT2D eigenvalue weighted by molar-refractivity contribution is 5.28. The van der Waals surface area contributed by atoms with Crippen LogP contribution < -0.4 is 0 Å². The molecule has 0 amide bonds. The first kappa shape index (κ1) is 15.9. The maximum Gasteiger partial charge on any atom is 0.115 e. The maximum absolute atomic E-state index is 9.43. The normalized spacial score (nSPS) is 32.8. The number of hydrogen-bond acceptors (Lipinski definition) is 1. The van der Waals surface area contributed by atoms with Crippen LogP contribution in [-0.2, 0) is 0 Å². The van der Waals surface area contributed by atoms with Crippen molar-refractivity contribution in [3.63, 3.8) is 0 Å². The zero-order chi connectivity index (χ0) is 15.4. The Labute approximate surface area is 136 Å². The molecule has 0 aromatic heterocycles. The van der Waals surface area contributed by atoms with Crippen molar-refractivity contribution in [2.45, 2.75) is 77.0 Å². The Morgan fingerprint density at radius 2 is 1.36 bits per heavy atom. The van der Waals surface area contributed by atoms with E-state index in [0.717, 1.165) is 23.7 Å². The molecule has 0 spiro atoms. The van der Waals surface area contributed by atoms with E-state index in [-0.39, 0.29) is 0 Å². The molecule has 1 N–H and O–H groups in total. The molecule has 1 aromatic rings. The summed E-state index contributed by atoms with van der Waals surface area (Å²) >= 11 is 0. The van der Waals surface area contributed by atoms with Gasteiger partial charge in [0.1, 0.15) is 5.75 Å². The van der Waals surface area contributed by atoms with Gasteiger partial charge in [-0.25, -0.2) is 0 Å². The van der Waals surface area contributed by atoms with Crippen LogP contribution in [0.25, 0.3) is 0 Å². The van der Waals surface area contributed by atoms with E-state index in [1.54, 1.807) is 0 Å². The molecule has 0 heterocycles. The van der Waals surface area contributed by atoms with E-state index >= 15 is 0 Å². The summed E-state index contributed by atoms with van der Waals surface area (Å²) in [5, 5.41) is 9.43. The first-order valence-corrected chi connectivity index (χ1v) is 9.55. The monoisotopic (exact) mass is 300 g/mol. The summed E-state index contributed by atoms with van der Waals surface area (Å²) in [6.45, 7) is 2.33. The van der Waals surface area contributed by atoms with E-state index in [4.69, 9.17) is 0 Å². The van der Waals surface area contributed by atoms with Gasteiger partial charge in [-0.2, -0.15) is 0 Å². The highest BCUT2D eigenvalue weighted by Crippen LogP contribution is 2.44. The van der Waals surface area contributed by atoms with Crippen LogP contribution in [0, 0.1) is 17.8 Å². The Morgan fingerprint density at radius 3 is 1.91 bits per heavy atom. The quantitative estimate of drug-likeness (QED) is 0.694. The molecule has 0 saturated heterocycles. The van der Waals surface area contributed by atoms with Gasteiger partial charge in [-0.15, -0.1) is 0 Å². The van der Waals surface area contributed by atoms with Crippen LogP contribution in [0.1, 0.15) is 82.6 Å². The van der Waals surface area contributed by atoms with E-state index in [2.05, 4.69) is 19.1 Å². The van der Waals surface area contributed by atoms with Crippen LogP contribution >= 0.6 is 0 Å². The average molecular weight is 300 g/mol. The lowest BCUT2D eigenvalue weighted by molar-refractivity contribution is 0.156. The Morgan fingerprint density at radius 1 is 0.818 bits per heavy atom. The van der Waals surface area contributed by atoms with Crippen LogP contribution in [0.5, 0.6) is 5.75 Å². The zero-order valence-corrected chi connectivity index (χ0v) is 14.1. The predicted molar refractivity (Wildman–Crippen MR) is 93.2 cm³/mol. The lowest BCUT2D eigenvalue weighted by Crippen LogP contribution is -2.25. The van der Waals surface area contributed by atoms with E-state index in [1.807, 2.05) is 12.1 Å². The molecule has 2 saturated carbocycles. The minimum Gasteiger partial charge on any atom is -0.508 e. The van der Waals surface area contributed by atoms with Gasteiger partial charge in [-0.05, 0) is 79.9 Å².